The van der Waals surface area contributed by atoms with Crippen LogP contribution in [0.4, 0.5) is 0 Å². The number of hydrogen-bond donors (Lipinski definition) is 0. The van der Waals surface area contributed by atoms with Crippen molar-refractivity contribution in [2.45, 2.75) is 34.6 Å². The van der Waals surface area contributed by atoms with Crippen LogP contribution in [0.15, 0.2) is 24.8 Å². The fraction of sp³-hybridized carbons (Fsp3) is 0.636. The topological polar surface area (TPSA) is 0 Å². The third-order valence-electron chi connectivity index (χ3n) is 1.70. The molecule has 2 atom stereocenters. The van der Waals surface area contributed by atoms with E-state index >= 15 is 0 Å². The van der Waals surface area contributed by atoms with Gasteiger partial charge in [0, 0.05) is 0 Å². The van der Waals surface area contributed by atoms with Crippen molar-refractivity contribution in [1.82, 2.24) is 0 Å². The molecule has 66 valence electrons. The average molecular weight is 154 g/mol. The molecule has 0 saturated heterocycles. The number of allylic oxidation sites excluding steroid dienone is 3. The third-order valence-corrected chi connectivity index (χ3v) is 1.70. The summed E-state index contributed by atoms with van der Waals surface area (Å²) in [6.07, 6.45) is 6.28. The van der Waals surface area contributed by atoms with Gasteiger partial charge in [-0.1, -0.05) is 45.9 Å². The lowest BCUT2D eigenvalue weighted by Gasteiger charge is -2.09. The summed E-state index contributed by atoms with van der Waals surface area (Å²) < 4.78 is 0. The monoisotopic (exact) mass is 154 g/mol. The molecule has 1 unspecified atom stereocenters. The summed E-state index contributed by atoms with van der Waals surface area (Å²) in [5.41, 5.74) is 0. The maximum Gasteiger partial charge on any atom is -0.0202 e. The fourth-order valence-electron chi connectivity index (χ4n) is 0.693. The Morgan fingerprint density at radius 3 is 1.82 bits per heavy atom. The Hall–Kier alpha value is -0.520. The van der Waals surface area contributed by atoms with Crippen molar-refractivity contribution in [1.29, 1.82) is 0 Å². The van der Waals surface area contributed by atoms with Crippen LogP contribution in [0.2, 0.25) is 0 Å². The van der Waals surface area contributed by atoms with Gasteiger partial charge in [-0.2, -0.15) is 0 Å². The maximum absolute atomic E-state index is 3.73. The summed E-state index contributed by atoms with van der Waals surface area (Å²) in [5, 5.41) is 0. The first-order chi connectivity index (χ1) is 5.22. The standard InChI is InChI=1S/C9H16.C2H6/c1-5-7-9(4)8(3)6-2;1-2/h5-9H,2H2,1,3-4H3;1-2H3/b7-5+;/t8-,9?;/m0./s1. The van der Waals surface area contributed by atoms with Crippen LogP contribution in [0.5, 0.6) is 0 Å². The van der Waals surface area contributed by atoms with E-state index in [9.17, 15) is 0 Å². The molecular formula is C11H22. The Kier molecular flexibility index (Phi) is 11.3. The second kappa shape index (κ2) is 9.48. The summed E-state index contributed by atoms with van der Waals surface area (Å²) in [5.74, 6) is 1.23. The Morgan fingerprint density at radius 2 is 1.55 bits per heavy atom. The summed E-state index contributed by atoms with van der Waals surface area (Å²) in [7, 11) is 0. The van der Waals surface area contributed by atoms with E-state index in [1.54, 1.807) is 0 Å². The van der Waals surface area contributed by atoms with Crippen LogP contribution < -0.4 is 0 Å². The van der Waals surface area contributed by atoms with Crippen LogP contribution >= 0.6 is 0 Å². The molecule has 0 aliphatic carbocycles. The van der Waals surface area contributed by atoms with Gasteiger partial charge < -0.3 is 0 Å². The maximum atomic E-state index is 3.73. The smallest absolute Gasteiger partial charge is 0.0202 e. The van der Waals surface area contributed by atoms with Crippen LogP contribution in [0.3, 0.4) is 0 Å². The van der Waals surface area contributed by atoms with E-state index in [2.05, 4.69) is 32.6 Å². The Labute approximate surface area is 72.0 Å². The molecule has 0 fully saturated rings. The van der Waals surface area contributed by atoms with E-state index in [1.165, 1.54) is 0 Å². The van der Waals surface area contributed by atoms with Gasteiger partial charge in [0.15, 0.2) is 0 Å². The molecule has 0 aromatic carbocycles. The van der Waals surface area contributed by atoms with Gasteiger partial charge in [0.1, 0.15) is 0 Å². The molecule has 11 heavy (non-hydrogen) atoms. The molecule has 0 aromatic rings. The van der Waals surface area contributed by atoms with E-state index < -0.39 is 0 Å². The molecule has 0 heteroatoms. The van der Waals surface area contributed by atoms with Crippen LogP contribution in [0.25, 0.3) is 0 Å². The van der Waals surface area contributed by atoms with Crippen molar-refractivity contribution in [3.63, 3.8) is 0 Å². The average Bonchev–Trinajstić information content (AvgIpc) is 2.07. The summed E-state index contributed by atoms with van der Waals surface area (Å²) >= 11 is 0. The zero-order valence-electron chi connectivity index (χ0n) is 8.59. The SMILES string of the molecule is C=C[C@H](C)C(C)/C=C/C.CC. The lowest BCUT2D eigenvalue weighted by atomic mass is 9.96. The van der Waals surface area contributed by atoms with Crippen LogP contribution in [0, 0.1) is 11.8 Å². The highest BCUT2D eigenvalue weighted by atomic mass is 14.1. The lowest BCUT2D eigenvalue weighted by Crippen LogP contribution is -2.00. The molecule has 0 saturated carbocycles. The van der Waals surface area contributed by atoms with Crippen molar-refractivity contribution in [3.05, 3.63) is 24.8 Å². The molecule has 0 amide bonds. The molecule has 0 nitrogen and oxygen atoms in total. The molecule has 0 aromatic heterocycles. The molecule has 0 rings (SSSR count). The van der Waals surface area contributed by atoms with E-state index in [4.69, 9.17) is 0 Å². The van der Waals surface area contributed by atoms with Crippen molar-refractivity contribution >= 4 is 0 Å². The summed E-state index contributed by atoms with van der Waals surface area (Å²) in [6, 6.07) is 0. The highest BCUT2D eigenvalue weighted by Crippen LogP contribution is 2.12. The lowest BCUT2D eigenvalue weighted by molar-refractivity contribution is 0.559. The molecule has 0 heterocycles. The van der Waals surface area contributed by atoms with Crippen molar-refractivity contribution < 1.29 is 0 Å². The molecule has 0 N–H and O–H groups in total. The van der Waals surface area contributed by atoms with E-state index in [0.717, 1.165) is 0 Å². The predicted molar refractivity (Wildman–Crippen MR) is 54.7 cm³/mol. The minimum absolute atomic E-state index is 0.598. The zero-order chi connectivity index (χ0) is 9.28. The highest BCUT2D eigenvalue weighted by molar-refractivity contribution is 4.91. The van der Waals surface area contributed by atoms with Gasteiger partial charge in [-0.05, 0) is 18.8 Å². The van der Waals surface area contributed by atoms with E-state index in [1.807, 2.05) is 26.8 Å². The molecule has 0 radical (unpaired) electrons. The van der Waals surface area contributed by atoms with Gasteiger partial charge in [0.2, 0.25) is 0 Å². The largest absolute Gasteiger partial charge is 0.103 e. The minimum Gasteiger partial charge on any atom is -0.103 e. The molecular weight excluding hydrogens is 132 g/mol. The summed E-state index contributed by atoms with van der Waals surface area (Å²) in [4.78, 5) is 0. The van der Waals surface area contributed by atoms with Gasteiger partial charge >= 0.3 is 0 Å². The number of rotatable bonds is 3. The first-order valence-corrected chi connectivity index (χ1v) is 4.47. The molecule has 0 bridgehead atoms. The molecule has 0 aliphatic rings. The quantitative estimate of drug-likeness (QED) is 0.538. The first-order valence-electron chi connectivity index (χ1n) is 4.47. The second-order valence-electron chi connectivity index (χ2n) is 2.48. The van der Waals surface area contributed by atoms with Gasteiger partial charge in [-0.25, -0.2) is 0 Å². The van der Waals surface area contributed by atoms with Gasteiger partial charge in [-0.15, -0.1) is 6.58 Å². The van der Waals surface area contributed by atoms with Crippen LogP contribution in [0.1, 0.15) is 34.6 Å². The van der Waals surface area contributed by atoms with Crippen molar-refractivity contribution in [2.24, 2.45) is 11.8 Å². The van der Waals surface area contributed by atoms with Crippen LogP contribution in [-0.4, -0.2) is 0 Å². The summed E-state index contributed by atoms with van der Waals surface area (Å²) in [6.45, 7) is 14.2. The Balaban J connectivity index is 0. The van der Waals surface area contributed by atoms with Gasteiger partial charge in [-0.3, -0.25) is 0 Å². The predicted octanol–water partition coefficient (Wildman–Crippen LogP) is 4.05. The minimum atomic E-state index is 0.598. The molecule has 0 aliphatic heterocycles. The number of hydrogen-bond acceptors (Lipinski definition) is 0. The normalized spacial score (nSPS) is 15.0. The zero-order valence-corrected chi connectivity index (χ0v) is 8.59. The van der Waals surface area contributed by atoms with Crippen LogP contribution in [-0.2, 0) is 0 Å². The van der Waals surface area contributed by atoms with Crippen molar-refractivity contribution in [3.8, 4) is 0 Å². The molecule has 0 spiro atoms. The highest BCUT2D eigenvalue weighted by Gasteiger charge is 2.01. The Bertz CT molecular complexity index is 101. The Morgan fingerprint density at radius 1 is 1.09 bits per heavy atom. The first kappa shape index (κ1) is 13.1. The fourth-order valence-corrected chi connectivity index (χ4v) is 0.693. The van der Waals surface area contributed by atoms with Crippen molar-refractivity contribution in [2.75, 3.05) is 0 Å². The van der Waals surface area contributed by atoms with Gasteiger partial charge in [0.25, 0.3) is 0 Å². The second-order valence-corrected chi connectivity index (χ2v) is 2.48. The van der Waals surface area contributed by atoms with Gasteiger partial charge in [0.05, 0.1) is 0 Å². The third kappa shape index (κ3) is 7.38. The van der Waals surface area contributed by atoms with E-state index in [-0.39, 0.29) is 0 Å². The van der Waals surface area contributed by atoms with E-state index in [0.29, 0.717) is 11.8 Å².